The molecule has 100 valence electrons. The van der Waals surface area contributed by atoms with E-state index in [4.69, 9.17) is 0 Å². The zero-order valence-electron chi connectivity index (χ0n) is 10.9. The van der Waals surface area contributed by atoms with Crippen molar-refractivity contribution in [1.82, 2.24) is 4.72 Å². The predicted octanol–water partition coefficient (Wildman–Crippen LogP) is 2.21. The Morgan fingerprint density at radius 2 is 1.83 bits per heavy atom. The number of rotatable bonds is 6. The Morgan fingerprint density at radius 3 is 2.28 bits per heavy atom. The van der Waals surface area contributed by atoms with Crippen molar-refractivity contribution in [3.8, 4) is 0 Å². The summed E-state index contributed by atoms with van der Waals surface area (Å²) >= 11 is 0. The summed E-state index contributed by atoms with van der Waals surface area (Å²) in [5, 5.41) is 0. The zero-order chi connectivity index (χ0) is 13.8. The molecule has 1 rings (SSSR count). The van der Waals surface area contributed by atoms with Crippen LogP contribution in [0.1, 0.15) is 37.6 Å². The summed E-state index contributed by atoms with van der Waals surface area (Å²) in [4.78, 5) is 11.3. The maximum atomic E-state index is 11.9. The first-order chi connectivity index (χ1) is 8.36. The Morgan fingerprint density at radius 1 is 1.28 bits per heavy atom. The van der Waals surface area contributed by atoms with Crippen molar-refractivity contribution in [2.75, 3.05) is 6.54 Å². The number of hydrogen-bond donors (Lipinski definition) is 1. The molecule has 1 N–H and O–H groups in total. The summed E-state index contributed by atoms with van der Waals surface area (Å²) in [7, 11) is -3.47. The van der Waals surface area contributed by atoms with Crippen LogP contribution in [0.2, 0.25) is 0 Å². The van der Waals surface area contributed by atoms with Crippen molar-refractivity contribution in [3.63, 3.8) is 0 Å². The van der Waals surface area contributed by atoms with E-state index in [0.29, 0.717) is 18.0 Å². The molecule has 1 atom stereocenters. The highest BCUT2D eigenvalue weighted by molar-refractivity contribution is 7.89. The molecule has 0 saturated heterocycles. The van der Waals surface area contributed by atoms with E-state index in [-0.39, 0.29) is 10.7 Å². The van der Waals surface area contributed by atoms with Gasteiger partial charge in [-0.3, -0.25) is 4.79 Å². The monoisotopic (exact) mass is 269 g/mol. The topological polar surface area (TPSA) is 63.2 Å². The second kappa shape index (κ2) is 6.11. The van der Waals surface area contributed by atoms with Crippen LogP contribution in [0.15, 0.2) is 29.2 Å². The molecule has 0 amide bonds. The number of ketones is 1. The van der Waals surface area contributed by atoms with E-state index >= 15 is 0 Å². The Bertz CT molecular complexity index is 506. The molecule has 1 aromatic carbocycles. The molecule has 0 bridgehead atoms. The van der Waals surface area contributed by atoms with Gasteiger partial charge < -0.3 is 0 Å². The molecule has 0 aromatic heterocycles. The lowest BCUT2D eigenvalue weighted by Gasteiger charge is -2.11. The fourth-order valence-corrected chi connectivity index (χ4v) is 2.51. The highest BCUT2D eigenvalue weighted by atomic mass is 32.2. The minimum Gasteiger partial charge on any atom is -0.295 e. The molecule has 0 fully saturated rings. The molecule has 0 aliphatic heterocycles. The lowest BCUT2D eigenvalue weighted by Crippen LogP contribution is -2.28. The van der Waals surface area contributed by atoms with Gasteiger partial charge in [-0.2, -0.15) is 0 Å². The highest BCUT2D eigenvalue weighted by Crippen LogP contribution is 2.11. The number of benzene rings is 1. The van der Waals surface area contributed by atoms with E-state index in [2.05, 4.69) is 4.72 Å². The zero-order valence-corrected chi connectivity index (χ0v) is 11.8. The maximum Gasteiger partial charge on any atom is 0.240 e. The first-order valence-electron chi connectivity index (χ1n) is 5.97. The fraction of sp³-hybridized carbons (Fsp3) is 0.462. The molecule has 1 unspecified atom stereocenters. The average molecular weight is 269 g/mol. The third-order valence-electron chi connectivity index (χ3n) is 2.89. The summed E-state index contributed by atoms with van der Waals surface area (Å²) < 4.78 is 26.4. The predicted molar refractivity (Wildman–Crippen MR) is 71.1 cm³/mol. The van der Waals surface area contributed by atoms with Crippen LogP contribution >= 0.6 is 0 Å². The van der Waals surface area contributed by atoms with Gasteiger partial charge in [-0.25, -0.2) is 13.1 Å². The maximum absolute atomic E-state index is 11.9. The largest absolute Gasteiger partial charge is 0.295 e. The molecule has 0 heterocycles. The minimum absolute atomic E-state index is 0.0773. The van der Waals surface area contributed by atoms with E-state index in [1.54, 1.807) is 0 Å². The number of hydrogen-bond acceptors (Lipinski definition) is 3. The van der Waals surface area contributed by atoms with Crippen molar-refractivity contribution in [1.29, 1.82) is 0 Å². The SMILES string of the molecule is CCC(C)CNS(=O)(=O)c1ccc(C(C)=O)cc1. The van der Waals surface area contributed by atoms with Crippen LogP contribution in [0, 0.1) is 5.92 Å². The number of sulfonamides is 1. The molecule has 4 nitrogen and oxygen atoms in total. The highest BCUT2D eigenvalue weighted by Gasteiger charge is 2.14. The number of carbonyl (C=O) groups excluding carboxylic acids is 1. The first-order valence-corrected chi connectivity index (χ1v) is 7.45. The second-order valence-corrected chi connectivity index (χ2v) is 6.21. The molecule has 0 radical (unpaired) electrons. The van der Waals surface area contributed by atoms with E-state index in [1.165, 1.54) is 31.2 Å². The van der Waals surface area contributed by atoms with Gasteiger partial charge in [0, 0.05) is 12.1 Å². The quantitative estimate of drug-likeness (QED) is 0.805. The molecule has 5 heteroatoms. The molecular weight excluding hydrogens is 250 g/mol. The molecule has 0 saturated carbocycles. The van der Waals surface area contributed by atoms with Crippen LogP contribution in [0.25, 0.3) is 0 Å². The number of nitrogens with one attached hydrogen (secondary N) is 1. The van der Waals surface area contributed by atoms with Gasteiger partial charge in [-0.05, 0) is 25.0 Å². The normalized spacial score (nSPS) is 13.3. The summed E-state index contributed by atoms with van der Waals surface area (Å²) in [5.41, 5.74) is 0.510. The van der Waals surface area contributed by atoms with Gasteiger partial charge in [0.15, 0.2) is 5.78 Å². The Kier molecular flexibility index (Phi) is 5.04. The smallest absolute Gasteiger partial charge is 0.240 e. The molecule has 0 aliphatic carbocycles. The molecular formula is C13H19NO3S. The summed E-state index contributed by atoms with van der Waals surface area (Å²) in [6, 6.07) is 5.96. The summed E-state index contributed by atoms with van der Waals surface area (Å²) in [5.74, 6) is 0.225. The van der Waals surface area contributed by atoms with Crippen molar-refractivity contribution in [2.24, 2.45) is 5.92 Å². The minimum atomic E-state index is -3.47. The molecule has 0 aliphatic rings. The standard InChI is InChI=1S/C13H19NO3S/c1-4-10(2)9-14-18(16,17)13-7-5-12(6-8-13)11(3)15/h5-8,10,14H,4,9H2,1-3H3. The molecule has 0 spiro atoms. The Balaban J connectivity index is 2.82. The lowest BCUT2D eigenvalue weighted by molar-refractivity contribution is 0.101. The third kappa shape index (κ3) is 3.92. The van der Waals surface area contributed by atoms with Crippen molar-refractivity contribution in [3.05, 3.63) is 29.8 Å². The van der Waals surface area contributed by atoms with Crippen LogP contribution in [0.4, 0.5) is 0 Å². The molecule has 1 aromatic rings. The number of Topliss-reactive ketones (excluding diaryl/α,β-unsaturated/α-hetero) is 1. The van der Waals surface area contributed by atoms with E-state index in [9.17, 15) is 13.2 Å². The van der Waals surface area contributed by atoms with E-state index < -0.39 is 10.0 Å². The van der Waals surface area contributed by atoms with Crippen molar-refractivity contribution in [2.45, 2.75) is 32.1 Å². The van der Waals surface area contributed by atoms with Crippen LogP contribution in [0.3, 0.4) is 0 Å². The van der Waals surface area contributed by atoms with Gasteiger partial charge in [-0.1, -0.05) is 32.4 Å². The van der Waals surface area contributed by atoms with E-state index in [0.717, 1.165) is 6.42 Å². The van der Waals surface area contributed by atoms with Crippen LogP contribution in [-0.2, 0) is 10.0 Å². The van der Waals surface area contributed by atoms with Gasteiger partial charge >= 0.3 is 0 Å². The second-order valence-electron chi connectivity index (χ2n) is 4.45. The molecule has 18 heavy (non-hydrogen) atoms. The van der Waals surface area contributed by atoms with Crippen molar-refractivity contribution >= 4 is 15.8 Å². The third-order valence-corrected chi connectivity index (χ3v) is 4.33. The number of carbonyl (C=O) groups is 1. The Labute approximate surface area is 108 Å². The van der Waals surface area contributed by atoms with Crippen molar-refractivity contribution < 1.29 is 13.2 Å². The van der Waals surface area contributed by atoms with Gasteiger partial charge in [0.25, 0.3) is 0 Å². The van der Waals surface area contributed by atoms with Gasteiger partial charge in [0.2, 0.25) is 10.0 Å². The van der Waals surface area contributed by atoms with Crippen LogP contribution < -0.4 is 4.72 Å². The van der Waals surface area contributed by atoms with Crippen LogP contribution in [0.5, 0.6) is 0 Å². The summed E-state index contributed by atoms with van der Waals surface area (Å²) in [6.07, 6.45) is 0.922. The van der Waals surface area contributed by atoms with Gasteiger partial charge in [0.1, 0.15) is 0 Å². The van der Waals surface area contributed by atoms with Crippen LogP contribution in [-0.4, -0.2) is 20.7 Å². The lowest BCUT2D eigenvalue weighted by atomic mass is 10.1. The summed E-state index contributed by atoms with van der Waals surface area (Å²) in [6.45, 7) is 5.87. The van der Waals surface area contributed by atoms with Gasteiger partial charge in [-0.15, -0.1) is 0 Å². The average Bonchev–Trinajstić information content (AvgIpc) is 2.36. The Hall–Kier alpha value is -1.20. The van der Waals surface area contributed by atoms with E-state index in [1.807, 2.05) is 13.8 Å². The van der Waals surface area contributed by atoms with Gasteiger partial charge in [0.05, 0.1) is 4.90 Å². The first kappa shape index (κ1) is 14.9. The fourth-order valence-electron chi connectivity index (χ4n) is 1.35.